The lowest BCUT2D eigenvalue weighted by Gasteiger charge is -2.31. The molecule has 0 unspecified atom stereocenters. The Bertz CT molecular complexity index is 883. The standard InChI is InChI=1S/C20H21N3O2S/c24-19(21-12-16-7-4-10-26-16)15-6-3-9-23(13-15)20(25)18-11-14-5-1-2-8-17(14)22-18/h1-2,4-5,7-8,10-11,15,22H,3,6,9,12-13H2,(H,21,24)/t15-/m0/s1. The van der Waals surface area contributed by atoms with Crippen LogP contribution in [0.15, 0.2) is 47.8 Å². The maximum absolute atomic E-state index is 12.8. The summed E-state index contributed by atoms with van der Waals surface area (Å²) in [5, 5.41) is 6.03. The lowest BCUT2D eigenvalue weighted by molar-refractivity contribution is -0.126. The van der Waals surface area contributed by atoms with Gasteiger partial charge < -0.3 is 15.2 Å². The minimum Gasteiger partial charge on any atom is -0.351 e. The lowest BCUT2D eigenvalue weighted by atomic mass is 9.97. The smallest absolute Gasteiger partial charge is 0.270 e. The van der Waals surface area contributed by atoms with Crippen LogP contribution in [0, 0.1) is 5.92 Å². The lowest BCUT2D eigenvalue weighted by Crippen LogP contribution is -2.45. The van der Waals surface area contributed by atoms with Gasteiger partial charge in [0.2, 0.25) is 5.91 Å². The zero-order valence-electron chi connectivity index (χ0n) is 14.4. The Morgan fingerprint density at radius 1 is 1.23 bits per heavy atom. The number of hydrogen-bond acceptors (Lipinski definition) is 3. The normalized spacial score (nSPS) is 17.4. The molecule has 26 heavy (non-hydrogen) atoms. The average molecular weight is 367 g/mol. The highest BCUT2D eigenvalue weighted by Crippen LogP contribution is 2.21. The van der Waals surface area contributed by atoms with Crippen LogP contribution in [0.25, 0.3) is 10.9 Å². The summed E-state index contributed by atoms with van der Waals surface area (Å²) in [6.45, 7) is 1.73. The number of benzene rings is 1. The summed E-state index contributed by atoms with van der Waals surface area (Å²) in [5.41, 5.74) is 1.55. The number of carbonyl (C=O) groups is 2. The van der Waals surface area contributed by atoms with Gasteiger partial charge in [0.15, 0.2) is 0 Å². The number of para-hydroxylation sites is 1. The number of thiophene rings is 1. The minimum absolute atomic E-state index is 0.0306. The van der Waals surface area contributed by atoms with Gasteiger partial charge in [-0.25, -0.2) is 0 Å². The van der Waals surface area contributed by atoms with Gasteiger partial charge >= 0.3 is 0 Å². The van der Waals surface area contributed by atoms with Crippen LogP contribution in [-0.2, 0) is 11.3 Å². The van der Waals surface area contributed by atoms with Crippen LogP contribution >= 0.6 is 11.3 Å². The van der Waals surface area contributed by atoms with E-state index in [4.69, 9.17) is 0 Å². The Balaban J connectivity index is 1.40. The van der Waals surface area contributed by atoms with Gasteiger partial charge in [0, 0.05) is 28.9 Å². The number of piperidine rings is 1. The van der Waals surface area contributed by atoms with Crippen LogP contribution in [0.4, 0.5) is 0 Å². The number of aromatic nitrogens is 1. The molecule has 0 radical (unpaired) electrons. The number of nitrogens with zero attached hydrogens (tertiary/aromatic N) is 1. The van der Waals surface area contributed by atoms with E-state index < -0.39 is 0 Å². The van der Waals surface area contributed by atoms with E-state index in [1.807, 2.05) is 47.8 Å². The van der Waals surface area contributed by atoms with Gasteiger partial charge in [-0.3, -0.25) is 9.59 Å². The van der Waals surface area contributed by atoms with Crippen molar-refractivity contribution in [1.29, 1.82) is 0 Å². The average Bonchev–Trinajstić information content (AvgIpc) is 3.35. The Hall–Kier alpha value is -2.60. The van der Waals surface area contributed by atoms with Gasteiger partial charge in [0.1, 0.15) is 5.69 Å². The van der Waals surface area contributed by atoms with Crippen molar-refractivity contribution in [2.75, 3.05) is 13.1 Å². The monoisotopic (exact) mass is 367 g/mol. The summed E-state index contributed by atoms with van der Waals surface area (Å²) in [6.07, 6.45) is 1.68. The molecule has 5 nitrogen and oxygen atoms in total. The van der Waals surface area contributed by atoms with Gasteiger partial charge in [-0.15, -0.1) is 11.3 Å². The van der Waals surface area contributed by atoms with Gasteiger partial charge in [0.25, 0.3) is 5.91 Å². The highest BCUT2D eigenvalue weighted by molar-refractivity contribution is 7.09. The number of rotatable bonds is 4. The molecule has 1 saturated heterocycles. The van der Waals surface area contributed by atoms with Crippen molar-refractivity contribution < 1.29 is 9.59 Å². The number of hydrogen-bond donors (Lipinski definition) is 2. The van der Waals surface area contributed by atoms with E-state index >= 15 is 0 Å². The molecule has 2 N–H and O–H groups in total. The van der Waals surface area contributed by atoms with Crippen molar-refractivity contribution in [3.05, 3.63) is 58.4 Å². The number of amides is 2. The fourth-order valence-corrected chi connectivity index (χ4v) is 4.11. The molecule has 1 fully saturated rings. The van der Waals surface area contributed by atoms with E-state index in [9.17, 15) is 9.59 Å². The van der Waals surface area contributed by atoms with Crippen LogP contribution in [0.3, 0.4) is 0 Å². The molecular formula is C20H21N3O2S. The number of likely N-dealkylation sites (tertiary alicyclic amines) is 1. The highest BCUT2D eigenvalue weighted by Gasteiger charge is 2.29. The molecule has 0 saturated carbocycles. The predicted octanol–water partition coefficient (Wildman–Crippen LogP) is 3.40. The van der Waals surface area contributed by atoms with E-state index in [1.165, 1.54) is 0 Å². The second kappa shape index (κ2) is 7.33. The number of nitrogens with one attached hydrogen (secondary N) is 2. The van der Waals surface area contributed by atoms with Gasteiger partial charge in [0.05, 0.1) is 12.5 Å². The molecule has 134 valence electrons. The third-order valence-electron chi connectivity index (χ3n) is 4.86. The topological polar surface area (TPSA) is 65.2 Å². The Kier molecular flexibility index (Phi) is 4.75. The summed E-state index contributed by atoms with van der Waals surface area (Å²) in [5.74, 6) is -0.137. The molecule has 1 aliphatic heterocycles. The first-order chi connectivity index (χ1) is 12.7. The van der Waals surface area contributed by atoms with Crippen LogP contribution in [-0.4, -0.2) is 34.8 Å². The third kappa shape index (κ3) is 3.51. The van der Waals surface area contributed by atoms with Crippen molar-refractivity contribution in [3.8, 4) is 0 Å². The van der Waals surface area contributed by atoms with Crippen molar-refractivity contribution in [3.63, 3.8) is 0 Å². The molecule has 6 heteroatoms. The first kappa shape index (κ1) is 16.8. The van der Waals surface area contributed by atoms with E-state index in [-0.39, 0.29) is 17.7 Å². The second-order valence-electron chi connectivity index (χ2n) is 6.66. The molecule has 2 amide bonds. The number of fused-ring (bicyclic) bond motifs is 1. The fourth-order valence-electron chi connectivity index (χ4n) is 3.47. The Labute approximate surface area is 156 Å². The molecule has 0 spiro atoms. The van der Waals surface area contributed by atoms with Gasteiger partial charge in [-0.05, 0) is 36.4 Å². The molecule has 0 bridgehead atoms. The van der Waals surface area contributed by atoms with Crippen LogP contribution in [0.5, 0.6) is 0 Å². The molecular weight excluding hydrogens is 346 g/mol. The van der Waals surface area contributed by atoms with Crippen molar-refractivity contribution >= 4 is 34.1 Å². The number of carbonyl (C=O) groups excluding carboxylic acids is 2. The van der Waals surface area contributed by atoms with Crippen molar-refractivity contribution in [2.24, 2.45) is 5.92 Å². The maximum atomic E-state index is 12.8. The summed E-state index contributed by atoms with van der Waals surface area (Å²) < 4.78 is 0. The second-order valence-corrected chi connectivity index (χ2v) is 7.69. The van der Waals surface area contributed by atoms with E-state index in [0.29, 0.717) is 25.3 Å². The largest absolute Gasteiger partial charge is 0.351 e. The zero-order chi connectivity index (χ0) is 17.9. The summed E-state index contributed by atoms with van der Waals surface area (Å²) >= 11 is 1.63. The van der Waals surface area contributed by atoms with Crippen LogP contribution in [0.1, 0.15) is 28.2 Å². The van der Waals surface area contributed by atoms with Crippen LogP contribution in [0.2, 0.25) is 0 Å². The van der Waals surface area contributed by atoms with Crippen molar-refractivity contribution in [1.82, 2.24) is 15.2 Å². The fraction of sp³-hybridized carbons (Fsp3) is 0.300. The van der Waals surface area contributed by atoms with Crippen LogP contribution < -0.4 is 5.32 Å². The molecule has 1 aliphatic rings. The van der Waals surface area contributed by atoms with E-state index in [1.54, 1.807) is 16.2 Å². The molecule has 1 atom stereocenters. The number of aromatic amines is 1. The van der Waals surface area contributed by atoms with E-state index in [2.05, 4.69) is 10.3 Å². The molecule has 3 aromatic rings. The molecule has 2 aromatic heterocycles. The summed E-state index contributed by atoms with van der Waals surface area (Å²) in [7, 11) is 0. The Morgan fingerprint density at radius 2 is 2.12 bits per heavy atom. The SMILES string of the molecule is O=C(NCc1cccs1)[C@H]1CCCN(C(=O)c2cc3ccccc3[nH]2)C1. The first-order valence-corrected chi connectivity index (χ1v) is 9.76. The predicted molar refractivity (Wildman–Crippen MR) is 103 cm³/mol. The summed E-state index contributed by atoms with van der Waals surface area (Å²) in [6, 6.07) is 13.7. The molecule has 4 rings (SSSR count). The Morgan fingerprint density at radius 3 is 2.92 bits per heavy atom. The minimum atomic E-state index is -0.142. The maximum Gasteiger partial charge on any atom is 0.270 e. The summed E-state index contributed by atoms with van der Waals surface area (Å²) in [4.78, 5) is 31.5. The molecule has 0 aliphatic carbocycles. The zero-order valence-corrected chi connectivity index (χ0v) is 15.2. The highest BCUT2D eigenvalue weighted by atomic mass is 32.1. The third-order valence-corrected chi connectivity index (χ3v) is 5.73. The van der Waals surface area contributed by atoms with Gasteiger partial charge in [-0.1, -0.05) is 24.3 Å². The van der Waals surface area contributed by atoms with Crippen molar-refractivity contribution in [2.45, 2.75) is 19.4 Å². The van der Waals surface area contributed by atoms with E-state index in [0.717, 1.165) is 28.6 Å². The quantitative estimate of drug-likeness (QED) is 0.742. The molecule has 1 aromatic carbocycles. The van der Waals surface area contributed by atoms with Gasteiger partial charge in [-0.2, -0.15) is 0 Å². The number of H-pyrrole nitrogens is 1. The first-order valence-electron chi connectivity index (χ1n) is 8.88. The molecule has 3 heterocycles.